The highest BCUT2D eigenvalue weighted by atomic mass is 16.2. The van der Waals surface area contributed by atoms with Gasteiger partial charge >= 0.3 is 0 Å². The van der Waals surface area contributed by atoms with Crippen molar-refractivity contribution in [1.82, 2.24) is 20.0 Å². The molecule has 1 heterocycles. The molecule has 1 fully saturated rings. The molecule has 6 heteroatoms. The van der Waals surface area contributed by atoms with Crippen LogP contribution in [0.15, 0.2) is 0 Å². The molecule has 0 aromatic heterocycles. The number of nitrogens with one attached hydrogen (secondary N) is 1. The van der Waals surface area contributed by atoms with Crippen LogP contribution in [0, 0.1) is 0 Å². The maximum atomic E-state index is 12.9. The van der Waals surface area contributed by atoms with Crippen LogP contribution in [0.3, 0.4) is 0 Å². The van der Waals surface area contributed by atoms with E-state index in [9.17, 15) is 9.59 Å². The number of piperazine rings is 1. The van der Waals surface area contributed by atoms with E-state index >= 15 is 0 Å². The molecule has 122 valence electrons. The van der Waals surface area contributed by atoms with Gasteiger partial charge in [-0.15, -0.1) is 0 Å². The summed E-state index contributed by atoms with van der Waals surface area (Å²) in [4.78, 5) is 30.3. The van der Waals surface area contributed by atoms with Crippen LogP contribution in [0.5, 0.6) is 0 Å². The summed E-state index contributed by atoms with van der Waals surface area (Å²) in [5.41, 5.74) is -0.566. The van der Waals surface area contributed by atoms with Crippen molar-refractivity contribution >= 4 is 11.8 Å². The van der Waals surface area contributed by atoms with Crippen molar-refractivity contribution in [3.63, 3.8) is 0 Å². The molecule has 21 heavy (non-hydrogen) atoms. The molecule has 0 unspecified atom stereocenters. The molecule has 0 saturated carbocycles. The first kappa shape index (κ1) is 17.9. The Kier molecular flexibility index (Phi) is 6.61. The quantitative estimate of drug-likeness (QED) is 0.750. The number of nitrogens with zero attached hydrogens (tertiary/aromatic N) is 3. The molecular formula is C15H30N4O2. The number of carbonyl (C=O) groups is 2. The number of hydrogen-bond acceptors (Lipinski definition) is 4. The number of rotatable bonds is 6. The van der Waals surface area contributed by atoms with E-state index in [4.69, 9.17) is 0 Å². The van der Waals surface area contributed by atoms with E-state index < -0.39 is 5.54 Å². The Morgan fingerprint density at radius 2 is 1.76 bits per heavy atom. The molecule has 0 radical (unpaired) electrons. The van der Waals surface area contributed by atoms with Gasteiger partial charge < -0.3 is 15.1 Å². The Balaban J connectivity index is 2.80. The Hall–Kier alpha value is -1.14. The van der Waals surface area contributed by atoms with Crippen LogP contribution in [-0.2, 0) is 9.59 Å². The largest absolute Gasteiger partial charge is 0.347 e. The molecular weight excluding hydrogens is 268 g/mol. The van der Waals surface area contributed by atoms with E-state index in [0.717, 1.165) is 32.6 Å². The van der Waals surface area contributed by atoms with Crippen LogP contribution >= 0.6 is 0 Å². The van der Waals surface area contributed by atoms with Gasteiger partial charge in [0.05, 0.1) is 12.1 Å². The molecule has 6 nitrogen and oxygen atoms in total. The lowest BCUT2D eigenvalue weighted by Crippen LogP contribution is -2.61. The average molecular weight is 298 g/mol. The van der Waals surface area contributed by atoms with Crippen LogP contribution in [0.1, 0.15) is 27.2 Å². The molecule has 2 amide bonds. The third-order valence-corrected chi connectivity index (χ3v) is 4.04. The Labute approximate surface area is 128 Å². The lowest BCUT2D eigenvalue weighted by Gasteiger charge is -2.42. The molecule has 1 N–H and O–H groups in total. The molecule has 1 aliphatic rings. The molecule has 0 aromatic rings. The molecule has 0 aromatic carbocycles. The number of carbonyl (C=O) groups excluding carboxylic acids is 2. The minimum absolute atomic E-state index is 0.0343. The van der Waals surface area contributed by atoms with E-state index in [-0.39, 0.29) is 18.4 Å². The zero-order chi connectivity index (χ0) is 16.0. The zero-order valence-electron chi connectivity index (χ0n) is 14.1. The van der Waals surface area contributed by atoms with Crippen molar-refractivity contribution < 1.29 is 9.59 Å². The Bertz CT molecular complexity index is 363. The van der Waals surface area contributed by atoms with Gasteiger partial charge in [0.1, 0.15) is 0 Å². The van der Waals surface area contributed by atoms with Crippen molar-refractivity contribution in [3.05, 3.63) is 0 Å². The summed E-state index contributed by atoms with van der Waals surface area (Å²) in [7, 11) is 3.44. The summed E-state index contributed by atoms with van der Waals surface area (Å²) in [6.45, 7) is 10.3. The van der Waals surface area contributed by atoms with Gasteiger partial charge in [-0.05, 0) is 20.3 Å². The monoisotopic (exact) mass is 298 g/mol. The second-order valence-electron chi connectivity index (χ2n) is 6.31. The maximum absolute atomic E-state index is 12.9. The summed E-state index contributed by atoms with van der Waals surface area (Å²) in [6, 6.07) is 0. The zero-order valence-corrected chi connectivity index (χ0v) is 14.1. The van der Waals surface area contributed by atoms with E-state index in [1.165, 1.54) is 4.90 Å². The van der Waals surface area contributed by atoms with E-state index in [0.29, 0.717) is 6.54 Å². The van der Waals surface area contributed by atoms with Crippen LogP contribution in [0.25, 0.3) is 0 Å². The van der Waals surface area contributed by atoms with Crippen LogP contribution in [0.2, 0.25) is 0 Å². The highest BCUT2D eigenvalue weighted by Crippen LogP contribution is 2.19. The molecule has 0 spiro atoms. The highest BCUT2D eigenvalue weighted by Gasteiger charge is 2.38. The first-order valence-corrected chi connectivity index (χ1v) is 7.76. The number of hydrogen-bond donors (Lipinski definition) is 1. The summed E-state index contributed by atoms with van der Waals surface area (Å²) < 4.78 is 0. The SMILES string of the molecule is CCCN(CC(=O)N(C)C)C(=O)C(C)(C)N1CCNCC1. The summed E-state index contributed by atoms with van der Waals surface area (Å²) in [5.74, 6) is 0.00867. The number of amides is 2. The highest BCUT2D eigenvalue weighted by molar-refractivity contribution is 5.89. The molecule has 0 bridgehead atoms. The topological polar surface area (TPSA) is 55.9 Å². The van der Waals surface area contributed by atoms with Gasteiger partial charge in [-0.3, -0.25) is 14.5 Å². The van der Waals surface area contributed by atoms with Crippen molar-refractivity contribution in [2.75, 3.05) is 53.4 Å². The summed E-state index contributed by atoms with van der Waals surface area (Å²) in [6.07, 6.45) is 0.851. The van der Waals surface area contributed by atoms with Crippen molar-refractivity contribution in [3.8, 4) is 0 Å². The lowest BCUT2D eigenvalue weighted by molar-refractivity contribution is -0.147. The Morgan fingerprint density at radius 3 is 2.24 bits per heavy atom. The fourth-order valence-corrected chi connectivity index (χ4v) is 2.57. The maximum Gasteiger partial charge on any atom is 0.242 e. The Morgan fingerprint density at radius 1 is 1.19 bits per heavy atom. The van der Waals surface area contributed by atoms with Crippen LogP contribution in [0.4, 0.5) is 0 Å². The molecule has 1 aliphatic heterocycles. The van der Waals surface area contributed by atoms with E-state index in [1.54, 1.807) is 19.0 Å². The standard InChI is InChI=1S/C15H30N4O2/c1-6-9-18(12-13(20)17(4)5)14(21)15(2,3)19-10-7-16-8-11-19/h16H,6-12H2,1-5H3. The van der Waals surface area contributed by atoms with Gasteiger partial charge in [-0.1, -0.05) is 6.92 Å². The third-order valence-electron chi connectivity index (χ3n) is 4.04. The minimum Gasteiger partial charge on any atom is -0.347 e. The second-order valence-corrected chi connectivity index (χ2v) is 6.31. The second kappa shape index (κ2) is 7.75. The molecule has 1 rings (SSSR count). The van der Waals surface area contributed by atoms with Gasteiger partial charge in [0.25, 0.3) is 0 Å². The third kappa shape index (κ3) is 4.68. The van der Waals surface area contributed by atoms with Crippen molar-refractivity contribution in [2.45, 2.75) is 32.7 Å². The molecule has 1 saturated heterocycles. The van der Waals surface area contributed by atoms with Crippen molar-refractivity contribution in [1.29, 1.82) is 0 Å². The van der Waals surface area contributed by atoms with Crippen LogP contribution < -0.4 is 5.32 Å². The fraction of sp³-hybridized carbons (Fsp3) is 0.867. The fourth-order valence-electron chi connectivity index (χ4n) is 2.57. The molecule has 0 aliphatic carbocycles. The van der Waals surface area contributed by atoms with Gasteiger partial charge in [0.2, 0.25) is 11.8 Å². The van der Waals surface area contributed by atoms with Gasteiger partial charge in [-0.2, -0.15) is 0 Å². The summed E-state index contributed by atoms with van der Waals surface area (Å²) in [5, 5.41) is 3.30. The molecule has 0 atom stereocenters. The first-order valence-electron chi connectivity index (χ1n) is 7.76. The van der Waals surface area contributed by atoms with Crippen LogP contribution in [-0.4, -0.2) is 85.4 Å². The summed E-state index contributed by atoms with van der Waals surface area (Å²) >= 11 is 0. The number of likely N-dealkylation sites (N-methyl/N-ethyl adjacent to an activating group) is 1. The van der Waals surface area contributed by atoms with E-state index in [1.807, 2.05) is 20.8 Å². The predicted molar refractivity (Wildman–Crippen MR) is 84.1 cm³/mol. The minimum atomic E-state index is -0.566. The lowest BCUT2D eigenvalue weighted by atomic mass is 9.99. The van der Waals surface area contributed by atoms with E-state index in [2.05, 4.69) is 10.2 Å². The predicted octanol–water partition coefficient (Wildman–Crippen LogP) is -0.00300. The normalized spacial score (nSPS) is 16.6. The average Bonchev–Trinajstić information content (AvgIpc) is 2.46. The van der Waals surface area contributed by atoms with Gasteiger partial charge in [0, 0.05) is 46.8 Å². The van der Waals surface area contributed by atoms with Gasteiger partial charge in [-0.25, -0.2) is 0 Å². The van der Waals surface area contributed by atoms with Gasteiger partial charge in [0.15, 0.2) is 0 Å². The smallest absolute Gasteiger partial charge is 0.242 e. The first-order chi connectivity index (χ1) is 9.80. The van der Waals surface area contributed by atoms with Crippen molar-refractivity contribution in [2.24, 2.45) is 0 Å².